The first-order valence-corrected chi connectivity index (χ1v) is 12.1. The van der Waals surface area contributed by atoms with Crippen molar-refractivity contribution in [2.45, 2.75) is 36.2 Å². The molecule has 1 unspecified atom stereocenters. The Morgan fingerprint density at radius 2 is 1.91 bits per heavy atom. The molecule has 32 heavy (non-hydrogen) atoms. The molecule has 2 heterocycles. The van der Waals surface area contributed by atoms with E-state index < -0.39 is 17.9 Å². The minimum atomic E-state index is -0.955. The van der Waals surface area contributed by atoms with Crippen LogP contribution in [0.5, 0.6) is 0 Å². The SMILES string of the molecule is CN(C)C(=O)C(CNC(=O)C(=O)Nc1ccc(CI)cn1)NC(=O)CCC1CCNCC1. The van der Waals surface area contributed by atoms with E-state index in [9.17, 15) is 19.2 Å². The number of piperidine rings is 1. The quantitative estimate of drug-likeness (QED) is 0.198. The Balaban J connectivity index is 1.85. The number of amides is 4. The van der Waals surface area contributed by atoms with Gasteiger partial charge in [0.1, 0.15) is 11.9 Å². The molecule has 4 amide bonds. The topological polar surface area (TPSA) is 133 Å². The monoisotopic (exact) mass is 558 g/mol. The largest absolute Gasteiger partial charge is 0.347 e. The van der Waals surface area contributed by atoms with Crippen LogP contribution in [0, 0.1) is 5.92 Å². The normalized spacial score (nSPS) is 14.8. The number of alkyl halides is 1. The van der Waals surface area contributed by atoms with E-state index in [1.54, 1.807) is 32.4 Å². The number of nitrogens with one attached hydrogen (secondary N) is 4. The van der Waals surface area contributed by atoms with Gasteiger partial charge in [-0.1, -0.05) is 28.7 Å². The predicted octanol–water partition coefficient (Wildman–Crippen LogP) is 0.424. The average molecular weight is 558 g/mol. The molecule has 11 heteroatoms. The lowest BCUT2D eigenvalue weighted by molar-refractivity contribution is -0.137. The first-order chi connectivity index (χ1) is 15.3. The molecule has 0 saturated carbocycles. The minimum absolute atomic E-state index is 0.191. The number of halogens is 1. The fourth-order valence-electron chi connectivity index (χ4n) is 3.31. The summed E-state index contributed by atoms with van der Waals surface area (Å²) in [5.74, 6) is -1.67. The van der Waals surface area contributed by atoms with Crippen LogP contribution < -0.4 is 21.3 Å². The second kappa shape index (κ2) is 13.3. The molecular formula is C21H31IN6O4. The highest BCUT2D eigenvalue weighted by Gasteiger charge is 2.25. The number of pyridine rings is 1. The zero-order valence-corrected chi connectivity index (χ0v) is 20.6. The maximum atomic E-state index is 12.5. The molecule has 0 aliphatic carbocycles. The van der Waals surface area contributed by atoms with E-state index >= 15 is 0 Å². The molecule has 1 fully saturated rings. The first-order valence-electron chi connectivity index (χ1n) is 10.6. The maximum absolute atomic E-state index is 12.5. The number of rotatable bonds is 9. The van der Waals surface area contributed by atoms with Crippen molar-refractivity contribution in [3.63, 3.8) is 0 Å². The number of carbonyl (C=O) groups is 4. The number of carbonyl (C=O) groups excluding carboxylic acids is 4. The predicted molar refractivity (Wildman–Crippen MR) is 129 cm³/mol. The van der Waals surface area contributed by atoms with Crippen molar-refractivity contribution in [1.29, 1.82) is 0 Å². The van der Waals surface area contributed by atoms with Gasteiger partial charge in [-0.05, 0) is 49.9 Å². The van der Waals surface area contributed by atoms with Crippen LogP contribution in [0.2, 0.25) is 0 Å². The van der Waals surface area contributed by atoms with E-state index in [2.05, 4.69) is 48.8 Å². The van der Waals surface area contributed by atoms with E-state index in [0.29, 0.717) is 12.3 Å². The standard InChI is InChI=1S/C21H31IN6O4/c1-28(2)21(32)16(26-18(29)6-4-14-7-9-23-10-8-14)13-25-19(30)20(31)27-17-5-3-15(11-22)12-24-17/h3,5,12,14,16,23H,4,6-11,13H2,1-2H3,(H,25,30)(H,26,29)(H,24,27,31). The van der Waals surface area contributed by atoms with Crippen LogP contribution >= 0.6 is 22.6 Å². The number of hydrogen-bond acceptors (Lipinski definition) is 6. The third-order valence-corrected chi connectivity index (χ3v) is 6.09. The molecular weight excluding hydrogens is 527 g/mol. The zero-order valence-electron chi connectivity index (χ0n) is 18.4. The van der Waals surface area contributed by atoms with E-state index in [4.69, 9.17) is 0 Å². The summed E-state index contributed by atoms with van der Waals surface area (Å²) in [5.41, 5.74) is 0.994. The fourth-order valence-corrected chi connectivity index (χ4v) is 3.76. The molecule has 0 aromatic carbocycles. The molecule has 10 nitrogen and oxygen atoms in total. The van der Waals surface area contributed by atoms with Gasteiger partial charge in [-0.3, -0.25) is 19.2 Å². The minimum Gasteiger partial charge on any atom is -0.347 e. The Morgan fingerprint density at radius 1 is 1.19 bits per heavy atom. The van der Waals surface area contributed by atoms with Gasteiger partial charge in [0.2, 0.25) is 11.8 Å². The van der Waals surface area contributed by atoms with Crippen LogP contribution in [-0.4, -0.2) is 73.3 Å². The zero-order chi connectivity index (χ0) is 23.5. The van der Waals surface area contributed by atoms with E-state index in [1.807, 2.05) is 0 Å². The smallest absolute Gasteiger partial charge is 0.314 e. The second-order valence-electron chi connectivity index (χ2n) is 7.93. The molecule has 1 aliphatic heterocycles. The molecule has 1 saturated heterocycles. The highest BCUT2D eigenvalue weighted by molar-refractivity contribution is 14.1. The summed E-state index contributed by atoms with van der Waals surface area (Å²) in [7, 11) is 3.13. The van der Waals surface area contributed by atoms with Gasteiger partial charge in [-0.15, -0.1) is 0 Å². The molecule has 0 spiro atoms. The van der Waals surface area contributed by atoms with Crippen LogP contribution in [0.3, 0.4) is 0 Å². The molecule has 2 rings (SSSR count). The third-order valence-electron chi connectivity index (χ3n) is 5.21. The Labute approximate surface area is 201 Å². The number of likely N-dealkylation sites (N-methyl/N-ethyl adjacent to an activating group) is 1. The number of nitrogens with zero attached hydrogens (tertiary/aromatic N) is 2. The van der Waals surface area contributed by atoms with E-state index in [0.717, 1.165) is 42.3 Å². The Kier molecular flexibility index (Phi) is 10.8. The number of aromatic nitrogens is 1. The van der Waals surface area contributed by atoms with Crippen LogP contribution in [0.15, 0.2) is 18.3 Å². The summed E-state index contributed by atoms with van der Waals surface area (Å²) in [4.78, 5) is 54.6. The lowest BCUT2D eigenvalue weighted by Crippen LogP contribution is -2.53. The molecule has 1 atom stereocenters. The van der Waals surface area contributed by atoms with Crippen molar-refractivity contribution in [3.8, 4) is 0 Å². The van der Waals surface area contributed by atoms with Crippen molar-refractivity contribution >= 4 is 52.0 Å². The summed E-state index contributed by atoms with van der Waals surface area (Å²) in [6, 6.07) is 2.46. The van der Waals surface area contributed by atoms with Crippen LogP contribution in [0.25, 0.3) is 0 Å². The number of anilines is 1. The van der Waals surface area contributed by atoms with Crippen molar-refractivity contribution in [2.24, 2.45) is 5.92 Å². The van der Waals surface area contributed by atoms with Crippen molar-refractivity contribution in [3.05, 3.63) is 23.9 Å². The summed E-state index contributed by atoms with van der Waals surface area (Å²) < 4.78 is 0.782. The summed E-state index contributed by atoms with van der Waals surface area (Å²) >= 11 is 2.20. The van der Waals surface area contributed by atoms with Gasteiger partial charge in [-0.2, -0.15) is 0 Å². The van der Waals surface area contributed by atoms with Crippen molar-refractivity contribution in [1.82, 2.24) is 25.8 Å². The van der Waals surface area contributed by atoms with Gasteiger partial charge in [0.15, 0.2) is 0 Å². The van der Waals surface area contributed by atoms with Crippen LogP contribution in [0.4, 0.5) is 5.82 Å². The Morgan fingerprint density at radius 3 is 2.50 bits per heavy atom. The van der Waals surface area contributed by atoms with Crippen LogP contribution in [0.1, 0.15) is 31.2 Å². The third kappa shape index (κ3) is 8.69. The van der Waals surface area contributed by atoms with Crippen LogP contribution in [-0.2, 0) is 23.6 Å². The average Bonchev–Trinajstić information content (AvgIpc) is 2.80. The van der Waals surface area contributed by atoms with Gasteiger partial charge in [0.25, 0.3) is 0 Å². The van der Waals surface area contributed by atoms with E-state index in [-0.39, 0.29) is 24.2 Å². The van der Waals surface area contributed by atoms with Crippen molar-refractivity contribution in [2.75, 3.05) is 39.0 Å². The molecule has 0 radical (unpaired) electrons. The molecule has 1 aromatic heterocycles. The Bertz CT molecular complexity index is 796. The van der Waals surface area contributed by atoms with E-state index in [1.165, 1.54) is 4.90 Å². The molecule has 0 bridgehead atoms. The lowest BCUT2D eigenvalue weighted by Gasteiger charge is -2.24. The summed E-state index contributed by atoms with van der Waals surface area (Å²) in [5, 5.41) is 10.8. The summed E-state index contributed by atoms with van der Waals surface area (Å²) in [6.45, 7) is 1.73. The molecule has 1 aromatic rings. The highest BCUT2D eigenvalue weighted by Crippen LogP contribution is 2.17. The van der Waals surface area contributed by atoms with Gasteiger partial charge in [0.05, 0.1) is 0 Å². The maximum Gasteiger partial charge on any atom is 0.314 e. The second-order valence-corrected chi connectivity index (χ2v) is 8.70. The lowest BCUT2D eigenvalue weighted by atomic mass is 9.93. The van der Waals surface area contributed by atoms with Gasteiger partial charge < -0.3 is 26.2 Å². The Hall–Kier alpha value is -2.28. The van der Waals surface area contributed by atoms with Gasteiger partial charge in [0, 0.05) is 37.7 Å². The van der Waals surface area contributed by atoms with Gasteiger partial charge >= 0.3 is 11.8 Å². The van der Waals surface area contributed by atoms with Crippen molar-refractivity contribution < 1.29 is 19.2 Å². The first kappa shape index (κ1) is 26.0. The fraction of sp³-hybridized carbons (Fsp3) is 0.571. The molecule has 176 valence electrons. The number of hydrogen-bond donors (Lipinski definition) is 4. The molecule has 1 aliphatic rings. The summed E-state index contributed by atoms with van der Waals surface area (Å²) in [6.07, 6.45) is 4.76. The molecule has 4 N–H and O–H groups in total. The van der Waals surface area contributed by atoms with Gasteiger partial charge in [-0.25, -0.2) is 4.98 Å². The highest BCUT2D eigenvalue weighted by atomic mass is 127.